The van der Waals surface area contributed by atoms with Crippen molar-refractivity contribution < 1.29 is 0 Å². The molecule has 0 aliphatic heterocycles. The number of nitrogens with zero attached hydrogens (tertiary/aromatic N) is 1. The third kappa shape index (κ3) is 1.37. The fourth-order valence-corrected chi connectivity index (χ4v) is 1.57. The number of aromatic amines is 1. The highest BCUT2D eigenvalue weighted by Gasteiger charge is 2.01. The van der Waals surface area contributed by atoms with Gasteiger partial charge in [0.05, 0.1) is 9.99 Å². The highest BCUT2D eigenvalue weighted by Crippen LogP contribution is 2.15. The van der Waals surface area contributed by atoms with E-state index >= 15 is 0 Å². The molecule has 0 atom stereocenters. The first kappa shape index (κ1) is 8.44. The summed E-state index contributed by atoms with van der Waals surface area (Å²) in [4.78, 5) is 18.1. The molecule has 0 spiro atoms. The van der Waals surface area contributed by atoms with Crippen molar-refractivity contribution in [2.45, 2.75) is 6.92 Å². The van der Waals surface area contributed by atoms with Crippen molar-refractivity contribution in [2.24, 2.45) is 0 Å². The van der Waals surface area contributed by atoms with Gasteiger partial charge in [0.2, 0.25) is 0 Å². The number of fused-ring (bicyclic) bond motifs is 1. The first-order valence-corrected chi connectivity index (χ1v) is 4.62. The second kappa shape index (κ2) is 2.96. The number of hydrogen-bond acceptors (Lipinski definition) is 2. The Morgan fingerprint density at radius 1 is 1.54 bits per heavy atom. The first-order valence-electron chi connectivity index (χ1n) is 3.82. The predicted molar refractivity (Wildman–Crippen MR) is 54.8 cm³/mol. The minimum absolute atomic E-state index is 0.113. The van der Waals surface area contributed by atoms with E-state index in [1.165, 1.54) is 0 Å². The van der Waals surface area contributed by atoms with E-state index < -0.39 is 0 Å². The van der Waals surface area contributed by atoms with Crippen LogP contribution in [0.15, 0.2) is 27.6 Å². The monoisotopic (exact) mass is 238 g/mol. The lowest BCUT2D eigenvalue weighted by atomic mass is 10.2. The highest BCUT2D eigenvalue weighted by molar-refractivity contribution is 9.10. The lowest BCUT2D eigenvalue weighted by molar-refractivity contribution is 1.20. The maximum atomic E-state index is 11.2. The van der Waals surface area contributed by atoms with Crippen LogP contribution in [0.25, 0.3) is 10.9 Å². The molecule has 0 radical (unpaired) electrons. The highest BCUT2D eigenvalue weighted by atomic mass is 79.9. The van der Waals surface area contributed by atoms with Gasteiger partial charge < -0.3 is 4.98 Å². The van der Waals surface area contributed by atoms with Crippen LogP contribution in [0.2, 0.25) is 0 Å². The Labute approximate surface area is 82.9 Å². The molecule has 0 bridgehead atoms. The standard InChI is InChI=1S/C9H7BrN2O/c1-5-6-4-7(10)9(13)12-8(6)2-3-11-5/h2-4H,1H3,(H,12,13). The molecule has 2 aromatic heterocycles. The molecule has 0 saturated heterocycles. The van der Waals surface area contributed by atoms with E-state index in [9.17, 15) is 4.79 Å². The number of H-pyrrole nitrogens is 1. The van der Waals surface area contributed by atoms with Crippen molar-refractivity contribution in [2.75, 3.05) is 0 Å². The molecule has 0 amide bonds. The number of aromatic nitrogens is 2. The molecule has 0 aromatic carbocycles. The van der Waals surface area contributed by atoms with Gasteiger partial charge in [0, 0.05) is 17.3 Å². The lowest BCUT2D eigenvalue weighted by Gasteiger charge is -2.00. The molecule has 4 heteroatoms. The number of aryl methyl sites for hydroxylation is 1. The van der Waals surface area contributed by atoms with Crippen molar-refractivity contribution in [3.8, 4) is 0 Å². The van der Waals surface area contributed by atoms with Crippen LogP contribution in [-0.2, 0) is 0 Å². The van der Waals surface area contributed by atoms with Gasteiger partial charge in [-0.2, -0.15) is 0 Å². The van der Waals surface area contributed by atoms with E-state index in [-0.39, 0.29) is 5.56 Å². The molecule has 0 unspecified atom stereocenters. The average molecular weight is 239 g/mol. The molecular weight excluding hydrogens is 232 g/mol. The SMILES string of the molecule is Cc1nccc2[nH]c(=O)c(Br)cc12. The van der Waals surface area contributed by atoms with Crippen LogP contribution in [0.5, 0.6) is 0 Å². The summed E-state index contributed by atoms with van der Waals surface area (Å²) in [5, 5.41) is 0.967. The smallest absolute Gasteiger partial charge is 0.262 e. The van der Waals surface area contributed by atoms with Crippen molar-refractivity contribution in [3.05, 3.63) is 38.9 Å². The fourth-order valence-electron chi connectivity index (χ4n) is 1.24. The number of halogens is 1. The minimum atomic E-state index is -0.113. The van der Waals surface area contributed by atoms with Crippen LogP contribution in [0.4, 0.5) is 0 Å². The van der Waals surface area contributed by atoms with E-state index in [0.29, 0.717) is 4.47 Å². The molecule has 66 valence electrons. The normalized spacial score (nSPS) is 10.6. The summed E-state index contributed by atoms with van der Waals surface area (Å²) >= 11 is 3.18. The van der Waals surface area contributed by atoms with E-state index in [0.717, 1.165) is 16.6 Å². The second-order valence-electron chi connectivity index (χ2n) is 2.80. The Balaban J connectivity index is 2.97. The van der Waals surface area contributed by atoms with Gasteiger partial charge in [-0.25, -0.2) is 0 Å². The molecule has 0 aliphatic rings. The first-order chi connectivity index (χ1) is 6.18. The molecule has 0 saturated carbocycles. The van der Waals surface area contributed by atoms with Crippen molar-refractivity contribution >= 4 is 26.8 Å². The van der Waals surface area contributed by atoms with Crippen LogP contribution in [0, 0.1) is 6.92 Å². The van der Waals surface area contributed by atoms with Gasteiger partial charge in [-0.3, -0.25) is 9.78 Å². The van der Waals surface area contributed by atoms with E-state index in [2.05, 4.69) is 25.9 Å². The maximum absolute atomic E-state index is 11.2. The zero-order chi connectivity index (χ0) is 9.42. The largest absolute Gasteiger partial charge is 0.321 e. The fraction of sp³-hybridized carbons (Fsp3) is 0.111. The summed E-state index contributed by atoms with van der Waals surface area (Å²) in [6.45, 7) is 1.91. The van der Waals surface area contributed by atoms with Gasteiger partial charge in [0.15, 0.2) is 0 Å². The summed E-state index contributed by atoms with van der Waals surface area (Å²) in [6, 6.07) is 3.58. The van der Waals surface area contributed by atoms with Gasteiger partial charge in [-0.05, 0) is 35.0 Å². The summed E-state index contributed by atoms with van der Waals surface area (Å²) in [6.07, 6.45) is 1.68. The van der Waals surface area contributed by atoms with E-state index in [1.807, 2.05) is 6.92 Å². The Kier molecular flexibility index (Phi) is 1.92. The molecular formula is C9H7BrN2O. The molecule has 0 fully saturated rings. The van der Waals surface area contributed by atoms with E-state index in [4.69, 9.17) is 0 Å². The Morgan fingerprint density at radius 2 is 2.31 bits per heavy atom. The molecule has 2 rings (SSSR count). The molecule has 1 N–H and O–H groups in total. The average Bonchev–Trinajstić information content (AvgIpc) is 2.09. The van der Waals surface area contributed by atoms with Crippen molar-refractivity contribution in [3.63, 3.8) is 0 Å². The van der Waals surface area contributed by atoms with Crippen molar-refractivity contribution in [1.29, 1.82) is 0 Å². The topological polar surface area (TPSA) is 45.8 Å². The predicted octanol–water partition coefficient (Wildman–Crippen LogP) is 1.99. The number of pyridine rings is 2. The second-order valence-corrected chi connectivity index (χ2v) is 3.66. The summed E-state index contributed by atoms with van der Waals surface area (Å²) in [7, 11) is 0. The number of rotatable bonds is 0. The van der Waals surface area contributed by atoms with Gasteiger partial charge in [0.25, 0.3) is 5.56 Å². The zero-order valence-electron chi connectivity index (χ0n) is 6.97. The Hall–Kier alpha value is -1.16. The summed E-state index contributed by atoms with van der Waals surface area (Å²) < 4.78 is 0.538. The van der Waals surface area contributed by atoms with Gasteiger partial charge in [-0.15, -0.1) is 0 Å². The van der Waals surface area contributed by atoms with Crippen molar-refractivity contribution in [1.82, 2.24) is 9.97 Å². The number of hydrogen-bond donors (Lipinski definition) is 1. The van der Waals surface area contributed by atoms with Crippen LogP contribution >= 0.6 is 15.9 Å². The molecule has 3 nitrogen and oxygen atoms in total. The quantitative estimate of drug-likeness (QED) is 0.764. The maximum Gasteiger partial charge on any atom is 0.262 e. The van der Waals surface area contributed by atoms with Crippen LogP contribution in [0.1, 0.15) is 5.69 Å². The number of nitrogens with one attached hydrogen (secondary N) is 1. The van der Waals surface area contributed by atoms with Gasteiger partial charge >= 0.3 is 0 Å². The molecule has 13 heavy (non-hydrogen) atoms. The van der Waals surface area contributed by atoms with Gasteiger partial charge in [-0.1, -0.05) is 0 Å². The molecule has 0 aliphatic carbocycles. The summed E-state index contributed by atoms with van der Waals surface area (Å²) in [5.74, 6) is 0. The Bertz CT molecular complexity index is 518. The molecule has 2 heterocycles. The third-order valence-electron chi connectivity index (χ3n) is 1.93. The van der Waals surface area contributed by atoms with Gasteiger partial charge in [0.1, 0.15) is 0 Å². The van der Waals surface area contributed by atoms with Crippen LogP contribution < -0.4 is 5.56 Å². The van der Waals surface area contributed by atoms with E-state index in [1.54, 1.807) is 18.3 Å². The van der Waals surface area contributed by atoms with Crippen LogP contribution in [0.3, 0.4) is 0 Å². The van der Waals surface area contributed by atoms with Crippen LogP contribution in [-0.4, -0.2) is 9.97 Å². The lowest BCUT2D eigenvalue weighted by Crippen LogP contribution is -2.06. The minimum Gasteiger partial charge on any atom is -0.321 e. The third-order valence-corrected chi connectivity index (χ3v) is 2.51. The Morgan fingerprint density at radius 3 is 3.08 bits per heavy atom. The summed E-state index contributed by atoms with van der Waals surface area (Å²) in [5.41, 5.74) is 1.62. The molecule has 2 aromatic rings. The zero-order valence-corrected chi connectivity index (χ0v) is 8.55.